The van der Waals surface area contributed by atoms with Crippen LogP contribution in [0.25, 0.3) is 0 Å². The summed E-state index contributed by atoms with van der Waals surface area (Å²) in [5.41, 5.74) is 0.655. The van der Waals surface area contributed by atoms with Gasteiger partial charge < -0.3 is 5.11 Å². The van der Waals surface area contributed by atoms with E-state index < -0.39 is 17.8 Å². The number of imide groups is 1. The molecular weight excluding hydrogens is 270 g/mol. The van der Waals surface area contributed by atoms with Crippen LogP contribution < -0.4 is 0 Å². The average Bonchev–Trinajstić information content (AvgIpc) is 2.48. The average molecular weight is 287 g/mol. The molecule has 0 bridgehead atoms. The van der Waals surface area contributed by atoms with Crippen LogP contribution in [0.3, 0.4) is 0 Å². The predicted octanol–water partition coefficient (Wildman–Crippen LogP) is 2.17. The maximum absolute atomic E-state index is 12.6. The highest BCUT2D eigenvalue weighted by Gasteiger charge is 2.45. The second kappa shape index (κ2) is 5.31. The van der Waals surface area contributed by atoms with Crippen LogP contribution >= 0.6 is 0 Å². The third-order valence-electron chi connectivity index (χ3n) is 4.39. The molecule has 3 rings (SSSR count). The first kappa shape index (κ1) is 13.8. The van der Waals surface area contributed by atoms with Gasteiger partial charge in [-0.2, -0.15) is 0 Å². The lowest BCUT2D eigenvalue weighted by Crippen LogP contribution is -2.52. The maximum atomic E-state index is 12.6. The van der Waals surface area contributed by atoms with Crippen molar-refractivity contribution in [3.63, 3.8) is 0 Å². The molecule has 1 atom stereocenters. The Morgan fingerprint density at radius 2 is 1.76 bits per heavy atom. The third kappa shape index (κ3) is 2.22. The van der Waals surface area contributed by atoms with Gasteiger partial charge in [0.25, 0.3) is 5.91 Å². The molecule has 1 aromatic carbocycles. The van der Waals surface area contributed by atoms with Crippen LogP contribution in [0.5, 0.6) is 0 Å². The summed E-state index contributed by atoms with van der Waals surface area (Å²) in [4.78, 5) is 37.9. The van der Waals surface area contributed by atoms with E-state index >= 15 is 0 Å². The molecule has 0 saturated heterocycles. The molecule has 5 nitrogen and oxygen atoms in total. The van der Waals surface area contributed by atoms with Crippen molar-refractivity contribution in [1.82, 2.24) is 4.90 Å². The zero-order chi connectivity index (χ0) is 15.0. The van der Waals surface area contributed by atoms with Gasteiger partial charge in [0.15, 0.2) is 5.92 Å². The van der Waals surface area contributed by atoms with Crippen molar-refractivity contribution in [1.29, 1.82) is 0 Å². The highest BCUT2D eigenvalue weighted by atomic mass is 16.4. The van der Waals surface area contributed by atoms with Crippen LogP contribution in [0.1, 0.15) is 53.9 Å². The summed E-state index contributed by atoms with van der Waals surface area (Å²) in [6.07, 6.45) is 4.59. The minimum absolute atomic E-state index is 0.158. The van der Waals surface area contributed by atoms with E-state index in [-0.39, 0.29) is 11.9 Å². The quantitative estimate of drug-likeness (QED) is 0.668. The molecule has 2 aliphatic rings. The molecule has 1 unspecified atom stereocenters. The van der Waals surface area contributed by atoms with E-state index in [0.717, 1.165) is 32.1 Å². The number of hydrogen-bond acceptors (Lipinski definition) is 3. The van der Waals surface area contributed by atoms with Crippen molar-refractivity contribution in [3.8, 4) is 0 Å². The molecular formula is C16H17NO4. The van der Waals surface area contributed by atoms with Crippen LogP contribution in [-0.2, 0) is 9.59 Å². The number of fused-ring (bicyclic) bond motifs is 1. The van der Waals surface area contributed by atoms with Crippen LogP contribution in [0.15, 0.2) is 24.3 Å². The van der Waals surface area contributed by atoms with E-state index in [9.17, 15) is 19.5 Å². The smallest absolute Gasteiger partial charge is 0.320 e. The molecule has 1 fully saturated rings. The van der Waals surface area contributed by atoms with Crippen LogP contribution in [0.2, 0.25) is 0 Å². The van der Waals surface area contributed by atoms with Gasteiger partial charge in [0.05, 0.1) is 0 Å². The first-order chi connectivity index (χ1) is 10.1. The Kier molecular flexibility index (Phi) is 3.49. The molecule has 0 aromatic heterocycles. The normalized spacial score (nSPS) is 23.0. The number of carbonyl (C=O) groups is 3. The van der Waals surface area contributed by atoms with Gasteiger partial charge in [-0.3, -0.25) is 19.3 Å². The van der Waals surface area contributed by atoms with Crippen LogP contribution in [-0.4, -0.2) is 33.8 Å². The Hall–Kier alpha value is -2.17. The molecule has 0 spiro atoms. The molecule has 0 radical (unpaired) electrons. The van der Waals surface area contributed by atoms with Gasteiger partial charge in [0.1, 0.15) is 0 Å². The molecule has 21 heavy (non-hydrogen) atoms. The summed E-state index contributed by atoms with van der Waals surface area (Å²) in [7, 11) is 0. The molecule has 110 valence electrons. The van der Waals surface area contributed by atoms with Crippen molar-refractivity contribution in [2.24, 2.45) is 0 Å². The standard InChI is InChI=1S/C16H17NO4/c18-14-12-9-5-4-8-11(12)13(16(20)21)15(19)17(14)10-6-2-1-3-7-10/h4-5,8-10,13H,1-3,6-7H2,(H,20,21). The first-order valence-electron chi connectivity index (χ1n) is 7.30. The summed E-state index contributed by atoms with van der Waals surface area (Å²) in [6, 6.07) is 6.36. The Morgan fingerprint density at radius 1 is 1.10 bits per heavy atom. The Morgan fingerprint density at radius 3 is 2.43 bits per heavy atom. The molecule has 1 N–H and O–H groups in total. The Labute approximate surface area is 122 Å². The SMILES string of the molecule is O=C(O)C1C(=O)N(C2CCCCC2)C(=O)c2ccccc21. The number of amides is 2. The van der Waals surface area contributed by atoms with E-state index in [1.807, 2.05) is 0 Å². The van der Waals surface area contributed by atoms with Crippen molar-refractivity contribution < 1.29 is 19.5 Å². The van der Waals surface area contributed by atoms with Crippen molar-refractivity contribution in [2.45, 2.75) is 44.1 Å². The molecule has 1 saturated carbocycles. The number of hydrogen-bond donors (Lipinski definition) is 1. The van der Waals surface area contributed by atoms with Gasteiger partial charge in [0.2, 0.25) is 5.91 Å². The first-order valence-corrected chi connectivity index (χ1v) is 7.30. The summed E-state index contributed by atoms with van der Waals surface area (Å²) in [5, 5.41) is 9.40. The minimum atomic E-state index is -1.26. The Bertz CT molecular complexity index is 604. The summed E-state index contributed by atoms with van der Waals surface area (Å²) in [6.45, 7) is 0. The van der Waals surface area contributed by atoms with E-state index in [1.165, 1.54) is 4.90 Å². The van der Waals surface area contributed by atoms with Gasteiger partial charge in [-0.05, 0) is 24.5 Å². The molecule has 1 aliphatic heterocycles. The zero-order valence-corrected chi connectivity index (χ0v) is 11.6. The highest BCUT2D eigenvalue weighted by molar-refractivity contribution is 6.17. The molecule has 1 aromatic rings. The maximum Gasteiger partial charge on any atom is 0.320 e. The lowest BCUT2D eigenvalue weighted by Gasteiger charge is -2.37. The third-order valence-corrected chi connectivity index (χ3v) is 4.39. The van der Waals surface area contributed by atoms with Crippen molar-refractivity contribution in [2.75, 3.05) is 0 Å². The number of aliphatic carboxylic acids is 1. The second-order valence-corrected chi connectivity index (χ2v) is 5.66. The fourth-order valence-corrected chi connectivity index (χ4v) is 3.37. The number of rotatable bonds is 2. The topological polar surface area (TPSA) is 74.7 Å². The number of carboxylic acid groups (broad SMARTS) is 1. The number of carboxylic acids is 1. The largest absolute Gasteiger partial charge is 0.480 e. The molecule has 1 heterocycles. The summed E-state index contributed by atoms with van der Waals surface area (Å²) in [5.74, 6) is -3.39. The minimum Gasteiger partial charge on any atom is -0.480 e. The number of carbonyl (C=O) groups excluding carboxylic acids is 2. The highest BCUT2D eigenvalue weighted by Crippen LogP contribution is 2.34. The van der Waals surface area contributed by atoms with Gasteiger partial charge in [-0.1, -0.05) is 37.5 Å². The van der Waals surface area contributed by atoms with Gasteiger partial charge in [-0.25, -0.2) is 0 Å². The molecule has 2 amide bonds. The zero-order valence-electron chi connectivity index (χ0n) is 11.6. The van der Waals surface area contributed by atoms with E-state index in [4.69, 9.17) is 0 Å². The Balaban J connectivity index is 2.05. The predicted molar refractivity (Wildman–Crippen MR) is 74.9 cm³/mol. The van der Waals surface area contributed by atoms with Crippen molar-refractivity contribution in [3.05, 3.63) is 35.4 Å². The fourth-order valence-electron chi connectivity index (χ4n) is 3.37. The second-order valence-electron chi connectivity index (χ2n) is 5.66. The van der Waals surface area contributed by atoms with Crippen molar-refractivity contribution >= 4 is 17.8 Å². The number of nitrogens with zero attached hydrogens (tertiary/aromatic N) is 1. The lowest BCUT2D eigenvalue weighted by molar-refractivity contribution is -0.147. The van der Waals surface area contributed by atoms with E-state index in [1.54, 1.807) is 24.3 Å². The van der Waals surface area contributed by atoms with E-state index in [2.05, 4.69) is 0 Å². The monoisotopic (exact) mass is 287 g/mol. The number of benzene rings is 1. The fraction of sp³-hybridized carbons (Fsp3) is 0.438. The van der Waals surface area contributed by atoms with Gasteiger partial charge >= 0.3 is 5.97 Å². The lowest BCUT2D eigenvalue weighted by atomic mass is 9.85. The molecule has 1 aliphatic carbocycles. The van der Waals surface area contributed by atoms with Crippen LogP contribution in [0, 0.1) is 0 Å². The van der Waals surface area contributed by atoms with Gasteiger partial charge in [-0.15, -0.1) is 0 Å². The molecule has 5 heteroatoms. The van der Waals surface area contributed by atoms with Gasteiger partial charge in [0, 0.05) is 11.6 Å². The van der Waals surface area contributed by atoms with E-state index in [0.29, 0.717) is 11.1 Å². The summed E-state index contributed by atoms with van der Waals surface area (Å²) < 4.78 is 0. The summed E-state index contributed by atoms with van der Waals surface area (Å²) >= 11 is 0. The van der Waals surface area contributed by atoms with Crippen LogP contribution in [0.4, 0.5) is 0 Å².